The summed E-state index contributed by atoms with van der Waals surface area (Å²) in [5, 5.41) is 0. The summed E-state index contributed by atoms with van der Waals surface area (Å²) in [6, 6.07) is 3.31. The van der Waals surface area contributed by atoms with Crippen LogP contribution in [-0.4, -0.2) is 15.0 Å². The Kier molecular flexibility index (Phi) is 2.33. The molecule has 0 aliphatic carbocycles. The van der Waals surface area contributed by atoms with Gasteiger partial charge in [-0.05, 0) is 25.5 Å². The van der Waals surface area contributed by atoms with Gasteiger partial charge in [-0.25, -0.2) is 4.98 Å². The lowest BCUT2D eigenvalue weighted by molar-refractivity contribution is 1.07. The first-order chi connectivity index (χ1) is 7.16. The van der Waals surface area contributed by atoms with Crippen molar-refractivity contribution >= 4 is 0 Å². The molecule has 2 aromatic heterocycles. The third-order valence-corrected chi connectivity index (χ3v) is 2.15. The van der Waals surface area contributed by atoms with Gasteiger partial charge in [-0.15, -0.1) is 0 Å². The van der Waals surface area contributed by atoms with Crippen molar-refractivity contribution in [3.8, 4) is 11.4 Å². The predicted octanol–water partition coefficient (Wildman–Crippen LogP) is 1.45. The number of aromatic amines is 1. The standard InChI is InChI=1S/C11H11N3O/c1-7-6-12-4-3-9(7)11-13-8(2)5-10(15)14-11/h3-6H,1-2H3,(H,13,14,15). The first-order valence-electron chi connectivity index (χ1n) is 4.66. The van der Waals surface area contributed by atoms with Gasteiger partial charge in [0, 0.05) is 29.7 Å². The van der Waals surface area contributed by atoms with E-state index in [4.69, 9.17) is 0 Å². The molecule has 0 spiro atoms. The Balaban J connectivity index is 2.64. The maximum atomic E-state index is 11.3. The van der Waals surface area contributed by atoms with Crippen molar-refractivity contribution in [2.75, 3.05) is 0 Å². The number of pyridine rings is 1. The topological polar surface area (TPSA) is 58.6 Å². The molecular weight excluding hydrogens is 190 g/mol. The number of nitrogens with zero attached hydrogens (tertiary/aromatic N) is 2. The van der Waals surface area contributed by atoms with E-state index in [-0.39, 0.29) is 5.56 Å². The van der Waals surface area contributed by atoms with Gasteiger partial charge in [0.1, 0.15) is 5.82 Å². The molecule has 0 radical (unpaired) electrons. The van der Waals surface area contributed by atoms with Crippen LogP contribution in [0.25, 0.3) is 11.4 Å². The fraction of sp³-hybridized carbons (Fsp3) is 0.182. The largest absolute Gasteiger partial charge is 0.307 e. The summed E-state index contributed by atoms with van der Waals surface area (Å²) in [5.41, 5.74) is 2.48. The minimum atomic E-state index is -0.131. The fourth-order valence-corrected chi connectivity index (χ4v) is 1.45. The van der Waals surface area contributed by atoms with Gasteiger partial charge >= 0.3 is 0 Å². The van der Waals surface area contributed by atoms with Gasteiger partial charge in [0.2, 0.25) is 0 Å². The number of nitrogens with one attached hydrogen (secondary N) is 1. The highest BCUT2D eigenvalue weighted by Crippen LogP contribution is 2.16. The van der Waals surface area contributed by atoms with Crippen molar-refractivity contribution in [3.63, 3.8) is 0 Å². The molecule has 0 amide bonds. The van der Waals surface area contributed by atoms with E-state index in [9.17, 15) is 4.79 Å². The lowest BCUT2D eigenvalue weighted by Crippen LogP contribution is -2.09. The normalized spacial score (nSPS) is 10.3. The minimum absolute atomic E-state index is 0.131. The van der Waals surface area contributed by atoms with E-state index in [1.807, 2.05) is 13.0 Å². The van der Waals surface area contributed by atoms with Crippen molar-refractivity contribution in [2.24, 2.45) is 0 Å². The molecule has 4 heteroatoms. The highest BCUT2D eigenvalue weighted by Gasteiger charge is 2.04. The predicted molar refractivity (Wildman–Crippen MR) is 57.6 cm³/mol. The van der Waals surface area contributed by atoms with Crippen LogP contribution in [0.15, 0.2) is 29.3 Å². The fourth-order valence-electron chi connectivity index (χ4n) is 1.45. The van der Waals surface area contributed by atoms with E-state index >= 15 is 0 Å². The summed E-state index contributed by atoms with van der Waals surface area (Å²) in [7, 11) is 0. The Morgan fingerprint density at radius 2 is 2.13 bits per heavy atom. The van der Waals surface area contributed by atoms with Crippen LogP contribution < -0.4 is 5.56 Å². The summed E-state index contributed by atoms with van der Waals surface area (Å²) in [6.45, 7) is 3.74. The van der Waals surface area contributed by atoms with Crippen LogP contribution in [0.5, 0.6) is 0 Å². The molecule has 4 nitrogen and oxygen atoms in total. The van der Waals surface area contributed by atoms with Crippen LogP contribution in [-0.2, 0) is 0 Å². The molecule has 0 aliphatic rings. The van der Waals surface area contributed by atoms with E-state index in [2.05, 4.69) is 15.0 Å². The molecule has 2 aromatic rings. The maximum Gasteiger partial charge on any atom is 0.251 e. The Hall–Kier alpha value is -1.97. The van der Waals surface area contributed by atoms with Gasteiger partial charge in [0.25, 0.3) is 5.56 Å². The molecule has 0 bridgehead atoms. The second kappa shape index (κ2) is 3.65. The van der Waals surface area contributed by atoms with E-state index in [1.165, 1.54) is 6.07 Å². The number of hydrogen-bond donors (Lipinski definition) is 1. The monoisotopic (exact) mass is 201 g/mol. The quantitative estimate of drug-likeness (QED) is 0.759. The molecule has 1 N–H and O–H groups in total. The van der Waals surface area contributed by atoms with Crippen molar-refractivity contribution in [1.29, 1.82) is 0 Å². The van der Waals surface area contributed by atoms with Gasteiger partial charge in [0.05, 0.1) is 0 Å². The second-order valence-electron chi connectivity index (χ2n) is 3.43. The van der Waals surface area contributed by atoms with Crippen molar-refractivity contribution in [1.82, 2.24) is 15.0 Å². The van der Waals surface area contributed by atoms with E-state index < -0.39 is 0 Å². The van der Waals surface area contributed by atoms with Crippen molar-refractivity contribution < 1.29 is 0 Å². The van der Waals surface area contributed by atoms with Crippen LogP contribution in [0, 0.1) is 13.8 Å². The molecule has 0 atom stereocenters. The summed E-state index contributed by atoms with van der Waals surface area (Å²) in [5.74, 6) is 0.597. The average molecular weight is 201 g/mol. The molecule has 2 rings (SSSR count). The van der Waals surface area contributed by atoms with Crippen LogP contribution in [0.4, 0.5) is 0 Å². The lowest BCUT2D eigenvalue weighted by Gasteiger charge is -2.04. The zero-order valence-corrected chi connectivity index (χ0v) is 8.61. The number of rotatable bonds is 1. The Labute approximate surface area is 87.0 Å². The number of aromatic nitrogens is 3. The molecule has 0 aromatic carbocycles. The van der Waals surface area contributed by atoms with E-state index in [1.54, 1.807) is 19.3 Å². The second-order valence-corrected chi connectivity index (χ2v) is 3.43. The Morgan fingerprint density at radius 1 is 1.33 bits per heavy atom. The summed E-state index contributed by atoms with van der Waals surface area (Å²) < 4.78 is 0. The number of hydrogen-bond acceptors (Lipinski definition) is 3. The van der Waals surface area contributed by atoms with Gasteiger partial charge in [0.15, 0.2) is 0 Å². The molecule has 2 heterocycles. The molecule has 0 saturated carbocycles. The zero-order valence-electron chi connectivity index (χ0n) is 8.61. The van der Waals surface area contributed by atoms with Crippen LogP contribution in [0.3, 0.4) is 0 Å². The summed E-state index contributed by atoms with van der Waals surface area (Å²) in [6.07, 6.45) is 3.43. The van der Waals surface area contributed by atoms with Crippen molar-refractivity contribution in [2.45, 2.75) is 13.8 Å². The molecular formula is C11H11N3O. The van der Waals surface area contributed by atoms with Crippen molar-refractivity contribution in [3.05, 3.63) is 46.1 Å². The highest BCUT2D eigenvalue weighted by molar-refractivity contribution is 5.58. The van der Waals surface area contributed by atoms with Gasteiger partial charge in [-0.1, -0.05) is 0 Å². The molecule has 0 aliphatic heterocycles. The van der Waals surface area contributed by atoms with Crippen LogP contribution >= 0.6 is 0 Å². The maximum absolute atomic E-state index is 11.3. The third-order valence-electron chi connectivity index (χ3n) is 2.15. The number of aryl methyl sites for hydroxylation is 2. The Bertz CT molecular complexity index is 546. The first kappa shape index (κ1) is 9.58. The SMILES string of the molecule is Cc1cc(=O)[nH]c(-c2ccncc2C)n1. The van der Waals surface area contributed by atoms with Crippen LogP contribution in [0.2, 0.25) is 0 Å². The number of H-pyrrole nitrogens is 1. The molecule has 0 saturated heterocycles. The molecule has 15 heavy (non-hydrogen) atoms. The zero-order chi connectivity index (χ0) is 10.8. The van der Waals surface area contributed by atoms with E-state index in [0.29, 0.717) is 11.5 Å². The van der Waals surface area contributed by atoms with E-state index in [0.717, 1.165) is 11.1 Å². The Morgan fingerprint density at radius 3 is 2.80 bits per heavy atom. The summed E-state index contributed by atoms with van der Waals surface area (Å²) in [4.78, 5) is 22.3. The first-order valence-corrected chi connectivity index (χ1v) is 4.66. The van der Waals surface area contributed by atoms with Gasteiger partial charge in [-0.3, -0.25) is 9.78 Å². The molecule has 0 unspecified atom stereocenters. The molecule has 76 valence electrons. The smallest absolute Gasteiger partial charge is 0.251 e. The van der Waals surface area contributed by atoms with Gasteiger partial charge < -0.3 is 4.98 Å². The third kappa shape index (κ3) is 1.93. The minimum Gasteiger partial charge on any atom is -0.307 e. The summed E-state index contributed by atoms with van der Waals surface area (Å²) >= 11 is 0. The highest BCUT2D eigenvalue weighted by atomic mass is 16.1. The molecule has 0 fully saturated rings. The van der Waals surface area contributed by atoms with Gasteiger partial charge in [-0.2, -0.15) is 0 Å². The van der Waals surface area contributed by atoms with Crippen LogP contribution in [0.1, 0.15) is 11.3 Å². The lowest BCUT2D eigenvalue weighted by atomic mass is 10.1. The average Bonchev–Trinajstić information content (AvgIpc) is 2.16.